The number of fused-ring (bicyclic) bond motifs is 1. The topological polar surface area (TPSA) is 71.0 Å². The van der Waals surface area contributed by atoms with Gasteiger partial charge in [-0.25, -0.2) is 9.97 Å². The van der Waals surface area contributed by atoms with Crippen molar-refractivity contribution in [2.75, 3.05) is 18.0 Å². The van der Waals surface area contributed by atoms with E-state index in [0.29, 0.717) is 12.3 Å². The molecule has 2 aliphatic heterocycles. The third-order valence-corrected chi connectivity index (χ3v) is 4.98. The number of nitrogens with one attached hydrogen (secondary N) is 1. The molecule has 6 nitrogen and oxygen atoms in total. The molecule has 4 heterocycles. The minimum atomic E-state index is 0.169. The zero-order valence-electron chi connectivity index (χ0n) is 14.0. The smallest absolute Gasteiger partial charge is 0.225 e. The summed E-state index contributed by atoms with van der Waals surface area (Å²) in [6.45, 7) is 5.67. The molecule has 0 saturated carbocycles. The molecule has 2 saturated heterocycles. The maximum atomic E-state index is 11.6. The van der Waals surface area contributed by atoms with Gasteiger partial charge in [0.25, 0.3) is 0 Å². The maximum Gasteiger partial charge on any atom is 0.225 e. The summed E-state index contributed by atoms with van der Waals surface area (Å²) in [6, 6.07) is 6.21. The fraction of sp³-hybridized carbons (Fsp3) is 0.444. The molecule has 1 amide bonds. The van der Waals surface area contributed by atoms with Crippen molar-refractivity contribution < 1.29 is 4.79 Å². The van der Waals surface area contributed by atoms with Crippen LogP contribution in [0.15, 0.2) is 24.4 Å². The van der Waals surface area contributed by atoms with Crippen LogP contribution >= 0.6 is 0 Å². The van der Waals surface area contributed by atoms with Crippen LogP contribution in [-0.2, 0) is 4.79 Å². The van der Waals surface area contributed by atoms with Gasteiger partial charge in [-0.1, -0.05) is 0 Å². The maximum absolute atomic E-state index is 11.6. The molecule has 124 valence electrons. The molecular formula is C18H21N5O. The summed E-state index contributed by atoms with van der Waals surface area (Å²) in [5, 5.41) is 3.07. The third kappa shape index (κ3) is 2.72. The van der Waals surface area contributed by atoms with Crippen LogP contribution in [0.1, 0.15) is 24.2 Å². The number of piperidine rings is 1. The second-order valence-corrected chi connectivity index (χ2v) is 6.70. The van der Waals surface area contributed by atoms with Gasteiger partial charge >= 0.3 is 0 Å². The van der Waals surface area contributed by atoms with Crippen molar-refractivity contribution in [1.82, 2.24) is 20.3 Å². The normalized spacial score (nSPS) is 23.1. The summed E-state index contributed by atoms with van der Waals surface area (Å²) in [6.07, 6.45) is 3.46. The van der Waals surface area contributed by atoms with Crippen LogP contribution in [0.25, 0.3) is 11.3 Å². The highest BCUT2D eigenvalue weighted by Gasteiger charge is 2.37. The van der Waals surface area contributed by atoms with Crippen LogP contribution in [0.2, 0.25) is 0 Å². The van der Waals surface area contributed by atoms with Crippen molar-refractivity contribution in [2.24, 2.45) is 5.92 Å². The second kappa shape index (κ2) is 5.85. The van der Waals surface area contributed by atoms with Gasteiger partial charge in [-0.2, -0.15) is 0 Å². The molecule has 2 aromatic heterocycles. The predicted molar refractivity (Wildman–Crippen MR) is 91.6 cm³/mol. The quantitative estimate of drug-likeness (QED) is 0.913. The number of nitrogens with zero attached hydrogens (tertiary/aromatic N) is 4. The van der Waals surface area contributed by atoms with E-state index < -0.39 is 0 Å². The first-order valence-electron chi connectivity index (χ1n) is 8.42. The minimum Gasteiger partial charge on any atom is -0.351 e. The molecule has 2 fully saturated rings. The average molecular weight is 323 g/mol. The standard InChI is InChI=1S/C18H21N5O/c1-11-3-4-14(12(2)20-11)15-5-7-19-18(22-15)23-8-6-13-9-17(24)21-16(13)10-23/h3-5,7,13,16H,6,8-10H2,1-2H3,(H,21,24)/t13-,16-/m1/s1. The summed E-state index contributed by atoms with van der Waals surface area (Å²) in [5.41, 5.74) is 3.90. The lowest BCUT2D eigenvalue weighted by atomic mass is 9.93. The zero-order valence-corrected chi connectivity index (χ0v) is 14.0. The molecule has 2 aromatic rings. The van der Waals surface area contributed by atoms with Gasteiger partial charge in [0.05, 0.1) is 5.69 Å². The van der Waals surface area contributed by atoms with Crippen molar-refractivity contribution in [3.8, 4) is 11.3 Å². The van der Waals surface area contributed by atoms with Crippen molar-refractivity contribution in [2.45, 2.75) is 32.7 Å². The Kier molecular flexibility index (Phi) is 3.67. The molecular weight excluding hydrogens is 302 g/mol. The molecule has 2 atom stereocenters. The highest BCUT2D eigenvalue weighted by atomic mass is 16.2. The van der Waals surface area contributed by atoms with Gasteiger partial charge in [0.1, 0.15) is 0 Å². The highest BCUT2D eigenvalue weighted by molar-refractivity contribution is 5.79. The number of hydrogen-bond acceptors (Lipinski definition) is 5. The number of pyridine rings is 1. The molecule has 0 spiro atoms. The summed E-state index contributed by atoms with van der Waals surface area (Å²) in [7, 11) is 0. The molecule has 0 radical (unpaired) electrons. The predicted octanol–water partition coefficient (Wildman–Crippen LogP) is 1.87. The molecule has 0 aliphatic carbocycles. The van der Waals surface area contributed by atoms with Crippen LogP contribution in [0.5, 0.6) is 0 Å². The Labute approximate surface area is 141 Å². The van der Waals surface area contributed by atoms with Crippen molar-refractivity contribution in [1.29, 1.82) is 0 Å². The first-order valence-corrected chi connectivity index (χ1v) is 8.42. The number of hydrogen-bond donors (Lipinski definition) is 1. The number of anilines is 1. The number of aromatic nitrogens is 3. The van der Waals surface area contributed by atoms with Gasteiger partial charge in [0.15, 0.2) is 0 Å². The number of aryl methyl sites for hydroxylation is 2. The van der Waals surface area contributed by atoms with E-state index in [1.54, 1.807) is 6.20 Å². The fourth-order valence-electron chi connectivity index (χ4n) is 3.70. The molecule has 1 N–H and O–H groups in total. The van der Waals surface area contributed by atoms with E-state index in [2.05, 4.69) is 26.3 Å². The van der Waals surface area contributed by atoms with Crippen molar-refractivity contribution in [3.63, 3.8) is 0 Å². The number of carbonyl (C=O) groups is 1. The Balaban J connectivity index is 1.60. The summed E-state index contributed by atoms with van der Waals surface area (Å²) in [5.74, 6) is 1.36. The number of carbonyl (C=O) groups excluding carboxylic acids is 1. The van der Waals surface area contributed by atoms with E-state index in [1.807, 2.05) is 26.0 Å². The molecule has 24 heavy (non-hydrogen) atoms. The Morgan fingerprint density at radius 2 is 2.08 bits per heavy atom. The Morgan fingerprint density at radius 1 is 1.21 bits per heavy atom. The van der Waals surface area contributed by atoms with Gasteiger partial charge in [0, 0.05) is 48.7 Å². The molecule has 6 heteroatoms. The minimum absolute atomic E-state index is 0.169. The lowest BCUT2D eigenvalue weighted by Gasteiger charge is -2.34. The lowest BCUT2D eigenvalue weighted by molar-refractivity contribution is -0.119. The monoisotopic (exact) mass is 323 g/mol. The van der Waals surface area contributed by atoms with E-state index in [9.17, 15) is 4.79 Å². The van der Waals surface area contributed by atoms with Gasteiger partial charge in [-0.15, -0.1) is 0 Å². The summed E-state index contributed by atoms with van der Waals surface area (Å²) >= 11 is 0. The van der Waals surface area contributed by atoms with Crippen LogP contribution in [0.3, 0.4) is 0 Å². The van der Waals surface area contributed by atoms with Gasteiger partial charge in [-0.3, -0.25) is 9.78 Å². The largest absolute Gasteiger partial charge is 0.351 e. The molecule has 0 aromatic carbocycles. The average Bonchev–Trinajstić information content (AvgIpc) is 2.94. The van der Waals surface area contributed by atoms with Crippen LogP contribution in [0.4, 0.5) is 5.95 Å². The van der Waals surface area contributed by atoms with Crippen molar-refractivity contribution >= 4 is 11.9 Å². The van der Waals surface area contributed by atoms with Crippen LogP contribution in [0, 0.1) is 19.8 Å². The van der Waals surface area contributed by atoms with Crippen LogP contribution < -0.4 is 10.2 Å². The van der Waals surface area contributed by atoms with Gasteiger partial charge < -0.3 is 10.2 Å². The van der Waals surface area contributed by atoms with Crippen molar-refractivity contribution in [3.05, 3.63) is 35.8 Å². The Hall–Kier alpha value is -2.50. The van der Waals surface area contributed by atoms with Crippen LogP contribution in [-0.4, -0.2) is 40.0 Å². The summed E-state index contributed by atoms with van der Waals surface area (Å²) < 4.78 is 0. The molecule has 0 bridgehead atoms. The first kappa shape index (κ1) is 15.1. The molecule has 0 unspecified atom stereocenters. The SMILES string of the molecule is Cc1ccc(-c2ccnc(N3CC[C@@H]4CC(=O)N[C@@H]4C3)n2)c(C)n1. The second-order valence-electron chi connectivity index (χ2n) is 6.70. The number of rotatable bonds is 2. The first-order chi connectivity index (χ1) is 11.6. The molecule has 4 rings (SSSR count). The van der Waals surface area contributed by atoms with Gasteiger partial charge in [-0.05, 0) is 44.4 Å². The zero-order chi connectivity index (χ0) is 16.7. The van der Waals surface area contributed by atoms with E-state index in [-0.39, 0.29) is 11.9 Å². The lowest BCUT2D eigenvalue weighted by Crippen LogP contribution is -2.47. The fourth-order valence-corrected chi connectivity index (χ4v) is 3.70. The number of amides is 1. The summed E-state index contributed by atoms with van der Waals surface area (Å²) in [4.78, 5) is 27.5. The molecule has 2 aliphatic rings. The highest BCUT2D eigenvalue weighted by Crippen LogP contribution is 2.28. The van der Waals surface area contributed by atoms with E-state index in [1.165, 1.54) is 0 Å². The Bertz CT molecular complexity index is 791. The van der Waals surface area contributed by atoms with E-state index >= 15 is 0 Å². The van der Waals surface area contributed by atoms with E-state index in [0.717, 1.165) is 48.1 Å². The van der Waals surface area contributed by atoms with E-state index in [4.69, 9.17) is 4.98 Å². The van der Waals surface area contributed by atoms with Gasteiger partial charge in [0.2, 0.25) is 11.9 Å². The third-order valence-electron chi connectivity index (χ3n) is 4.98. The Morgan fingerprint density at radius 3 is 2.92 bits per heavy atom.